The van der Waals surface area contributed by atoms with Crippen molar-refractivity contribution in [2.75, 3.05) is 0 Å². The molecular formula is C16H16+. The Labute approximate surface area is 98.0 Å². The SMILES string of the molecule is [CH](CC/C=C1/C=CC=C[CH+]1)c1ccccc1. The highest BCUT2D eigenvalue weighted by Gasteiger charge is 2.01. The predicted molar refractivity (Wildman–Crippen MR) is 69.7 cm³/mol. The van der Waals surface area contributed by atoms with Gasteiger partial charge in [-0.05, 0) is 24.5 Å². The molecule has 2 rings (SSSR count). The molecule has 0 aromatic heterocycles. The molecule has 0 aliphatic heterocycles. The summed E-state index contributed by atoms with van der Waals surface area (Å²) in [6.45, 7) is 0. The maximum atomic E-state index is 2.28. The highest BCUT2D eigenvalue weighted by molar-refractivity contribution is 5.38. The zero-order valence-corrected chi connectivity index (χ0v) is 9.34. The van der Waals surface area contributed by atoms with Crippen LogP contribution in [0.1, 0.15) is 18.4 Å². The monoisotopic (exact) mass is 208 g/mol. The third kappa shape index (κ3) is 3.47. The first-order valence-electron chi connectivity index (χ1n) is 5.72. The van der Waals surface area contributed by atoms with Crippen LogP contribution < -0.4 is 0 Å². The maximum absolute atomic E-state index is 2.28. The summed E-state index contributed by atoms with van der Waals surface area (Å²) in [7, 11) is 0. The van der Waals surface area contributed by atoms with E-state index >= 15 is 0 Å². The van der Waals surface area contributed by atoms with E-state index in [9.17, 15) is 0 Å². The lowest BCUT2D eigenvalue weighted by Gasteiger charge is -1.98. The van der Waals surface area contributed by atoms with Gasteiger partial charge in [-0.3, -0.25) is 0 Å². The van der Waals surface area contributed by atoms with Crippen LogP contribution in [0.3, 0.4) is 0 Å². The average molecular weight is 208 g/mol. The summed E-state index contributed by atoms with van der Waals surface area (Å²) >= 11 is 0. The van der Waals surface area contributed by atoms with Crippen molar-refractivity contribution in [3.8, 4) is 0 Å². The zero-order valence-electron chi connectivity index (χ0n) is 9.34. The van der Waals surface area contributed by atoms with Crippen molar-refractivity contribution < 1.29 is 0 Å². The third-order valence-electron chi connectivity index (χ3n) is 2.53. The van der Waals surface area contributed by atoms with E-state index in [2.05, 4.69) is 61.4 Å². The fraction of sp³-hybridized carbons (Fsp3) is 0.125. The molecule has 0 atom stereocenters. The van der Waals surface area contributed by atoms with Crippen LogP contribution in [0.5, 0.6) is 0 Å². The second-order valence-corrected chi connectivity index (χ2v) is 3.81. The molecule has 1 aliphatic rings. The molecule has 0 heterocycles. The quantitative estimate of drug-likeness (QED) is 0.512. The van der Waals surface area contributed by atoms with Crippen LogP contribution in [0.15, 0.2) is 66.3 Å². The molecule has 0 bridgehead atoms. The minimum Gasteiger partial charge on any atom is -0.0622 e. The van der Waals surface area contributed by atoms with Crippen molar-refractivity contribution in [3.05, 3.63) is 84.7 Å². The van der Waals surface area contributed by atoms with Crippen molar-refractivity contribution >= 4 is 0 Å². The van der Waals surface area contributed by atoms with Crippen molar-refractivity contribution in [1.82, 2.24) is 0 Å². The van der Waals surface area contributed by atoms with Crippen molar-refractivity contribution in [1.29, 1.82) is 0 Å². The Morgan fingerprint density at radius 2 is 1.88 bits per heavy atom. The molecule has 1 aromatic carbocycles. The van der Waals surface area contributed by atoms with E-state index < -0.39 is 0 Å². The molecule has 1 aromatic rings. The summed E-state index contributed by atoms with van der Waals surface area (Å²) in [6, 6.07) is 10.5. The van der Waals surface area contributed by atoms with Crippen LogP contribution in [0.4, 0.5) is 0 Å². The number of rotatable bonds is 4. The van der Waals surface area contributed by atoms with Gasteiger partial charge in [0.05, 0.1) is 5.57 Å². The Kier molecular flexibility index (Phi) is 4.07. The van der Waals surface area contributed by atoms with Crippen molar-refractivity contribution in [3.63, 3.8) is 0 Å². The topological polar surface area (TPSA) is 0 Å². The molecule has 0 N–H and O–H groups in total. The van der Waals surface area contributed by atoms with Crippen LogP contribution in [-0.4, -0.2) is 0 Å². The second-order valence-electron chi connectivity index (χ2n) is 3.81. The number of hydrogen-bond donors (Lipinski definition) is 0. The summed E-state index contributed by atoms with van der Waals surface area (Å²) in [6.07, 6.45) is 17.2. The van der Waals surface area contributed by atoms with Crippen LogP contribution in [0, 0.1) is 12.8 Å². The lowest BCUT2D eigenvalue weighted by molar-refractivity contribution is 0.984. The van der Waals surface area contributed by atoms with E-state index in [-0.39, 0.29) is 0 Å². The van der Waals surface area contributed by atoms with Gasteiger partial charge < -0.3 is 0 Å². The molecule has 0 spiro atoms. The molecule has 16 heavy (non-hydrogen) atoms. The predicted octanol–water partition coefficient (Wildman–Crippen LogP) is 4.28. The lowest BCUT2D eigenvalue weighted by atomic mass is 10.0. The summed E-state index contributed by atoms with van der Waals surface area (Å²) in [4.78, 5) is 0. The zero-order chi connectivity index (χ0) is 11.1. The molecule has 1 radical (unpaired) electrons. The van der Waals surface area contributed by atoms with Crippen molar-refractivity contribution in [2.45, 2.75) is 12.8 Å². The molecule has 0 saturated carbocycles. The van der Waals surface area contributed by atoms with E-state index in [4.69, 9.17) is 0 Å². The first-order chi connectivity index (χ1) is 7.95. The van der Waals surface area contributed by atoms with Gasteiger partial charge in [0.25, 0.3) is 0 Å². The molecule has 0 fully saturated rings. The third-order valence-corrected chi connectivity index (χ3v) is 2.53. The van der Waals surface area contributed by atoms with Gasteiger partial charge in [0, 0.05) is 37.1 Å². The maximum Gasteiger partial charge on any atom is 0.0917 e. The van der Waals surface area contributed by atoms with Crippen LogP contribution in [0.25, 0.3) is 0 Å². The summed E-state index contributed by atoms with van der Waals surface area (Å²) in [5.41, 5.74) is 2.62. The minimum absolute atomic E-state index is 1.10. The highest BCUT2D eigenvalue weighted by Crippen LogP contribution is 2.12. The Morgan fingerprint density at radius 1 is 1.00 bits per heavy atom. The largest absolute Gasteiger partial charge is 0.0917 e. The number of benzene rings is 1. The van der Waals surface area contributed by atoms with Crippen LogP contribution >= 0.6 is 0 Å². The number of unbranched alkanes of at least 4 members (excludes halogenated alkanes) is 1. The van der Waals surface area contributed by atoms with Gasteiger partial charge in [0.1, 0.15) is 0 Å². The van der Waals surface area contributed by atoms with Gasteiger partial charge in [0.15, 0.2) is 0 Å². The summed E-state index contributed by atoms with van der Waals surface area (Å²) < 4.78 is 0. The van der Waals surface area contributed by atoms with E-state index in [1.165, 1.54) is 11.1 Å². The van der Waals surface area contributed by atoms with Gasteiger partial charge in [0.2, 0.25) is 0 Å². The first kappa shape index (κ1) is 10.8. The Morgan fingerprint density at radius 3 is 2.62 bits per heavy atom. The van der Waals surface area contributed by atoms with Gasteiger partial charge >= 0.3 is 0 Å². The van der Waals surface area contributed by atoms with Gasteiger partial charge in [-0.1, -0.05) is 30.3 Å². The second kappa shape index (κ2) is 6.02. The number of hydrogen-bond acceptors (Lipinski definition) is 0. The number of allylic oxidation sites excluding steroid dienone is 6. The standard InChI is InChI=1S/C16H16/c1-3-9-15(10-4-1)13-7-8-14-16-11-5-2-6-12-16/h1-6,9-14H,7-8H2/q+1. The van der Waals surface area contributed by atoms with Gasteiger partial charge in [-0.25, -0.2) is 0 Å². The molecule has 0 unspecified atom stereocenters. The lowest BCUT2D eigenvalue weighted by Crippen LogP contribution is -1.84. The Hall–Kier alpha value is -1.69. The fourth-order valence-corrected chi connectivity index (χ4v) is 1.68. The Bertz CT molecular complexity index is 393. The van der Waals surface area contributed by atoms with Gasteiger partial charge in [-0.15, -0.1) is 0 Å². The van der Waals surface area contributed by atoms with Crippen molar-refractivity contribution in [2.24, 2.45) is 0 Å². The summed E-state index contributed by atoms with van der Waals surface area (Å²) in [5.74, 6) is 0. The first-order valence-corrected chi connectivity index (χ1v) is 5.72. The van der Waals surface area contributed by atoms with Crippen LogP contribution in [-0.2, 0) is 0 Å². The Balaban J connectivity index is 1.73. The van der Waals surface area contributed by atoms with E-state index in [1.807, 2.05) is 12.1 Å². The molecule has 0 saturated heterocycles. The van der Waals surface area contributed by atoms with E-state index in [1.54, 1.807) is 0 Å². The van der Waals surface area contributed by atoms with Gasteiger partial charge in [-0.2, -0.15) is 0 Å². The molecular weight excluding hydrogens is 192 g/mol. The molecule has 0 heteroatoms. The van der Waals surface area contributed by atoms with E-state index in [0.717, 1.165) is 12.8 Å². The smallest absolute Gasteiger partial charge is 0.0622 e. The highest BCUT2D eigenvalue weighted by atomic mass is 14.0. The van der Waals surface area contributed by atoms with E-state index in [0.29, 0.717) is 0 Å². The van der Waals surface area contributed by atoms with Crippen LogP contribution in [0.2, 0.25) is 0 Å². The molecule has 1 aliphatic carbocycles. The fourth-order valence-electron chi connectivity index (χ4n) is 1.68. The molecule has 0 nitrogen and oxygen atoms in total. The molecule has 79 valence electrons. The normalized spacial score (nSPS) is 16.4. The average Bonchev–Trinajstić information content (AvgIpc) is 2.37. The minimum atomic E-state index is 1.10. The summed E-state index contributed by atoms with van der Waals surface area (Å²) in [5, 5.41) is 0. The molecule has 0 amide bonds.